The zero-order chi connectivity index (χ0) is 10.6. The van der Waals surface area contributed by atoms with Gasteiger partial charge in [0.1, 0.15) is 10.9 Å². The number of amides is 1. The Kier molecular flexibility index (Phi) is 3.77. The van der Waals surface area contributed by atoms with Crippen LogP contribution in [0.4, 0.5) is 0 Å². The van der Waals surface area contributed by atoms with Gasteiger partial charge in [-0.1, -0.05) is 19.3 Å². The maximum absolute atomic E-state index is 11.4. The number of alkyl halides is 1. The van der Waals surface area contributed by atoms with E-state index in [1.165, 1.54) is 0 Å². The Morgan fingerprint density at radius 1 is 1.50 bits per heavy atom. The highest BCUT2D eigenvalue weighted by Crippen LogP contribution is 2.27. The normalized spacial score (nSPS) is 22.1. The van der Waals surface area contributed by atoms with E-state index in [-0.39, 0.29) is 5.91 Å². The summed E-state index contributed by atoms with van der Waals surface area (Å²) in [6.45, 7) is 1.62. The van der Waals surface area contributed by atoms with Gasteiger partial charge in [0.2, 0.25) is 5.91 Å². The Hall–Kier alpha value is -0.750. The Morgan fingerprint density at radius 2 is 2.07 bits per heavy atom. The summed E-state index contributed by atoms with van der Waals surface area (Å²) in [7, 11) is 0. The Balaban J connectivity index is 2.62. The van der Waals surface area contributed by atoms with Gasteiger partial charge in [0.25, 0.3) is 0 Å². The predicted molar refractivity (Wildman–Crippen MR) is 54.9 cm³/mol. The SMILES string of the molecule is C[C@@H](Cl)C(=O)NC1(C#N)CCCCC1. The molecule has 0 radical (unpaired) electrons. The molecular formula is C10H15ClN2O. The second-order valence-corrected chi connectivity index (χ2v) is 4.51. The molecule has 1 rings (SSSR count). The summed E-state index contributed by atoms with van der Waals surface area (Å²) in [5.41, 5.74) is -0.654. The molecular weight excluding hydrogens is 200 g/mol. The summed E-state index contributed by atoms with van der Waals surface area (Å²) in [5, 5.41) is 11.2. The van der Waals surface area contributed by atoms with Crippen molar-refractivity contribution < 1.29 is 4.79 Å². The third-order valence-electron chi connectivity index (χ3n) is 2.64. The lowest BCUT2D eigenvalue weighted by atomic mass is 9.83. The average Bonchev–Trinajstić information content (AvgIpc) is 2.19. The first kappa shape index (κ1) is 11.3. The molecule has 1 fully saturated rings. The Labute approximate surface area is 89.4 Å². The van der Waals surface area contributed by atoms with Crippen molar-refractivity contribution >= 4 is 17.5 Å². The molecule has 1 aliphatic carbocycles. The molecule has 0 aromatic rings. The fraction of sp³-hybridized carbons (Fsp3) is 0.800. The largest absolute Gasteiger partial charge is 0.337 e. The Morgan fingerprint density at radius 3 is 2.50 bits per heavy atom. The molecule has 0 unspecified atom stereocenters. The highest BCUT2D eigenvalue weighted by molar-refractivity contribution is 6.30. The van der Waals surface area contributed by atoms with Gasteiger partial charge in [-0.3, -0.25) is 4.79 Å². The van der Waals surface area contributed by atoms with Crippen LogP contribution in [0.3, 0.4) is 0 Å². The van der Waals surface area contributed by atoms with Crippen LogP contribution in [0.15, 0.2) is 0 Å². The highest BCUT2D eigenvalue weighted by atomic mass is 35.5. The molecule has 14 heavy (non-hydrogen) atoms. The minimum Gasteiger partial charge on any atom is -0.337 e. The second kappa shape index (κ2) is 4.65. The predicted octanol–water partition coefficient (Wildman–Crippen LogP) is 1.96. The average molecular weight is 215 g/mol. The van der Waals surface area contributed by atoms with Gasteiger partial charge >= 0.3 is 0 Å². The number of hydrogen-bond acceptors (Lipinski definition) is 2. The minimum absolute atomic E-state index is 0.241. The van der Waals surface area contributed by atoms with Gasteiger partial charge in [-0.25, -0.2) is 0 Å². The molecule has 78 valence electrons. The van der Waals surface area contributed by atoms with Crippen LogP contribution < -0.4 is 5.32 Å². The number of nitrogens with zero attached hydrogens (tertiary/aromatic N) is 1. The van der Waals surface area contributed by atoms with Crippen LogP contribution >= 0.6 is 11.6 Å². The van der Waals surface area contributed by atoms with E-state index in [0.29, 0.717) is 0 Å². The van der Waals surface area contributed by atoms with E-state index in [2.05, 4.69) is 11.4 Å². The minimum atomic E-state index is -0.654. The van der Waals surface area contributed by atoms with E-state index in [0.717, 1.165) is 32.1 Å². The lowest BCUT2D eigenvalue weighted by Gasteiger charge is -2.31. The molecule has 1 saturated carbocycles. The van der Waals surface area contributed by atoms with Crippen molar-refractivity contribution in [3.05, 3.63) is 0 Å². The van der Waals surface area contributed by atoms with Crippen molar-refractivity contribution in [2.45, 2.75) is 49.9 Å². The van der Waals surface area contributed by atoms with Gasteiger partial charge in [-0.15, -0.1) is 11.6 Å². The summed E-state index contributed by atoms with van der Waals surface area (Å²) in [5.74, 6) is -0.241. The van der Waals surface area contributed by atoms with E-state index in [4.69, 9.17) is 16.9 Å². The summed E-state index contributed by atoms with van der Waals surface area (Å²) in [4.78, 5) is 11.4. The molecule has 1 aliphatic rings. The lowest BCUT2D eigenvalue weighted by molar-refractivity contribution is -0.122. The van der Waals surface area contributed by atoms with Crippen molar-refractivity contribution in [1.29, 1.82) is 5.26 Å². The molecule has 0 aromatic heterocycles. The monoisotopic (exact) mass is 214 g/mol. The third-order valence-corrected chi connectivity index (χ3v) is 2.84. The molecule has 0 saturated heterocycles. The molecule has 0 heterocycles. The number of carbonyl (C=O) groups is 1. The van der Waals surface area contributed by atoms with E-state index < -0.39 is 10.9 Å². The van der Waals surface area contributed by atoms with Crippen molar-refractivity contribution in [3.63, 3.8) is 0 Å². The van der Waals surface area contributed by atoms with Gasteiger partial charge in [0, 0.05) is 0 Å². The quantitative estimate of drug-likeness (QED) is 0.715. The van der Waals surface area contributed by atoms with Crippen LogP contribution in [0.2, 0.25) is 0 Å². The number of hydrogen-bond donors (Lipinski definition) is 1. The van der Waals surface area contributed by atoms with Crippen LogP contribution in [0.25, 0.3) is 0 Å². The molecule has 0 bridgehead atoms. The van der Waals surface area contributed by atoms with Crippen molar-refractivity contribution in [2.24, 2.45) is 0 Å². The summed E-state index contributed by atoms with van der Waals surface area (Å²) in [6, 6.07) is 2.21. The van der Waals surface area contributed by atoms with E-state index in [1.807, 2.05) is 0 Å². The smallest absolute Gasteiger partial charge is 0.239 e. The lowest BCUT2D eigenvalue weighted by Crippen LogP contribution is -2.50. The molecule has 0 aromatic carbocycles. The van der Waals surface area contributed by atoms with Crippen LogP contribution in [-0.2, 0) is 4.79 Å². The van der Waals surface area contributed by atoms with Crippen LogP contribution in [0.5, 0.6) is 0 Å². The first-order valence-corrected chi connectivity index (χ1v) is 5.41. The molecule has 1 N–H and O–H groups in total. The molecule has 1 atom stereocenters. The fourth-order valence-corrected chi connectivity index (χ4v) is 1.81. The van der Waals surface area contributed by atoms with Crippen LogP contribution in [-0.4, -0.2) is 16.8 Å². The fourth-order valence-electron chi connectivity index (χ4n) is 1.76. The number of halogens is 1. The van der Waals surface area contributed by atoms with E-state index >= 15 is 0 Å². The van der Waals surface area contributed by atoms with Gasteiger partial charge < -0.3 is 5.32 Å². The summed E-state index contributed by atoms with van der Waals surface area (Å²) in [6.07, 6.45) is 4.66. The number of carbonyl (C=O) groups excluding carboxylic acids is 1. The molecule has 0 spiro atoms. The van der Waals surface area contributed by atoms with Gasteiger partial charge in [-0.2, -0.15) is 5.26 Å². The zero-order valence-electron chi connectivity index (χ0n) is 8.35. The first-order valence-electron chi connectivity index (χ1n) is 4.97. The maximum atomic E-state index is 11.4. The van der Waals surface area contributed by atoms with Crippen molar-refractivity contribution in [2.75, 3.05) is 0 Å². The third kappa shape index (κ3) is 2.62. The maximum Gasteiger partial charge on any atom is 0.239 e. The van der Waals surface area contributed by atoms with Gasteiger partial charge in [-0.05, 0) is 19.8 Å². The van der Waals surface area contributed by atoms with E-state index in [9.17, 15) is 4.79 Å². The van der Waals surface area contributed by atoms with E-state index in [1.54, 1.807) is 6.92 Å². The molecule has 0 aliphatic heterocycles. The van der Waals surface area contributed by atoms with Gasteiger partial charge in [0.05, 0.1) is 6.07 Å². The van der Waals surface area contributed by atoms with Crippen LogP contribution in [0.1, 0.15) is 39.0 Å². The van der Waals surface area contributed by atoms with Crippen LogP contribution in [0, 0.1) is 11.3 Å². The molecule has 4 heteroatoms. The summed E-state index contributed by atoms with van der Waals surface area (Å²) >= 11 is 5.64. The molecule has 1 amide bonds. The summed E-state index contributed by atoms with van der Waals surface area (Å²) < 4.78 is 0. The second-order valence-electron chi connectivity index (χ2n) is 3.86. The van der Waals surface area contributed by atoms with Crippen molar-refractivity contribution in [1.82, 2.24) is 5.32 Å². The number of nitrogens with one attached hydrogen (secondary N) is 1. The van der Waals surface area contributed by atoms with Gasteiger partial charge in [0.15, 0.2) is 0 Å². The molecule has 3 nitrogen and oxygen atoms in total. The standard InChI is InChI=1S/C10H15ClN2O/c1-8(11)9(14)13-10(7-12)5-3-2-4-6-10/h8H,2-6H2,1H3,(H,13,14)/t8-/m1/s1. The topological polar surface area (TPSA) is 52.9 Å². The number of nitriles is 1. The Bertz CT molecular complexity index is 251. The zero-order valence-corrected chi connectivity index (χ0v) is 9.10. The highest BCUT2D eigenvalue weighted by Gasteiger charge is 2.34. The first-order chi connectivity index (χ1) is 6.59. The van der Waals surface area contributed by atoms with Crippen molar-refractivity contribution in [3.8, 4) is 6.07 Å². The number of rotatable bonds is 2.